The van der Waals surface area contributed by atoms with E-state index in [1.54, 1.807) is 6.20 Å². The third kappa shape index (κ3) is 2.21. The molecular formula is C12H14N2O2. The van der Waals surface area contributed by atoms with Crippen molar-refractivity contribution >= 4 is 11.6 Å². The topological polar surface area (TPSA) is 43.6 Å². The van der Waals surface area contributed by atoms with Gasteiger partial charge in [0.15, 0.2) is 0 Å². The smallest absolute Gasteiger partial charge is 0.312 e. The van der Waals surface area contributed by atoms with E-state index in [0.717, 1.165) is 11.3 Å². The average molecular weight is 218 g/mol. The molecule has 16 heavy (non-hydrogen) atoms. The number of imidazole rings is 1. The van der Waals surface area contributed by atoms with Crippen molar-refractivity contribution in [1.29, 1.82) is 0 Å². The first-order chi connectivity index (χ1) is 7.66. The van der Waals surface area contributed by atoms with Crippen LogP contribution in [-0.4, -0.2) is 21.5 Å². The molecule has 0 aliphatic heterocycles. The molecule has 0 fully saturated rings. The molecule has 2 heterocycles. The average Bonchev–Trinajstić information content (AvgIpc) is 2.61. The van der Waals surface area contributed by atoms with Gasteiger partial charge in [0.2, 0.25) is 0 Å². The van der Waals surface area contributed by atoms with Crippen LogP contribution in [-0.2, 0) is 16.0 Å². The lowest BCUT2D eigenvalue weighted by atomic mass is 10.3. The van der Waals surface area contributed by atoms with Crippen LogP contribution in [0.3, 0.4) is 0 Å². The number of rotatable bonds is 3. The summed E-state index contributed by atoms with van der Waals surface area (Å²) in [4.78, 5) is 15.7. The first kappa shape index (κ1) is 10.7. The fourth-order valence-corrected chi connectivity index (χ4v) is 1.57. The summed E-state index contributed by atoms with van der Waals surface area (Å²) in [6.45, 7) is 3.68. The Hall–Kier alpha value is -1.84. The Kier molecular flexibility index (Phi) is 2.90. The number of hydrogen-bond acceptors (Lipinski definition) is 3. The molecule has 0 saturated heterocycles. The minimum atomic E-state index is -0.222. The fourth-order valence-electron chi connectivity index (χ4n) is 1.57. The van der Waals surface area contributed by atoms with Crippen LogP contribution in [0.15, 0.2) is 30.6 Å². The molecule has 2 rings (SSSR count). The molecule has 0 amide bonds. The lowest BCUT2D eigenvalue weighted by Gasteiger charge is -2.07. The van der Waals surface area contributed by atoms with Gasteiger partial charge in [-0.25, -0.2) is 4.98 Å². The number of nitrogens with zero attached hydrogens (tertiary/aromatic N) is 2. The summed E-state index contributed by atoms with van der Waals surface area (Å²) in [5.74, 6) is -0.222. The Morgan fingerprint density at radius 1 is 1.50 bits per heavy atom. The number of carbonyl (C=O) groups excluding carboxylic acids is 1. The van der Waals surface area contributed by atoms with Gasteiger partial charge in [-0.1, -0.05) is 6.07 Å². The predicted octanol–water partition coefficient (Wildman–Crippen LogP) is 1.83. The molecule has 0 spiro atoms. The Labute approximate surface area is 93.9 Å². The summed E-state index contributed by atoms with van der Waals surface area (Å²) in [7, 11) is 0. The summed E-state index contributed by atoms with van der Waals surface area (Å²) < 4.78 is 6.98. The van der Waals surface area contributed by atoms with E-state index in [1.807, 2.05) is 42.6 Å². The molecule has 2 aromatic heterocycles. The first-order valence-corrected chi connectivity index (χ1v) is 5.27. The van der Waals surface area contributed by atoms with E-state index >= 15 is 0 Å². The summed E-state index contributed by atoms with van der Waals surface area (Å²) in [5, 5.41) is 0. The summed E-state index contributed by atoms with van der Waals surface area (Å²) in [5.41, 5.74) is 1.69. The summed E-state index contributed by atoms with van der Waals surface area (Å²) in [6, 6.07) is 5.72. The van der Waals surface area contributed by atoms with Gasteiger partial charge in [-0.2, -0.15) is 0 Å². The van der Waals surface area contributed by atoms with Crippen molar-refractivity contribution in [3.8, 4) is 0 Å². The van der Waals surface area contributed by atoms with E-state index in [-0.39, 0.29) is 18.5 Å². The maximum Gasteiger partial charge on any atom is 0.312 e. The summed E-state index contributed by atoms with van der Waals surface area (Å²) in [6.07, 6.45) is 3.77. The number of aromatic nitrogens is 2. The lowest BCUT2D eigenvalue weighted by Crippen LogP contribution is -2.14. The van der Waals surface area contributed by atoms with Gasteiger partial charge in [-0.05, 0) is 26.0 Å². The number of hydrogen-bond donors (Lipinski definition) is 0. The maximum absolute atomic E-state index is 11.5. The second kappa shape index (κ2) is 4.35. The highest BCUT2D eigenvalue weighted by molar-refractivity contribution is 5.72. The highest BCUT2D eigenvalue weighted by Gasteiger charge is 2.10. The van der Waals surface area contributed by atoms with Gasteiger partial charge < -0.3 is 9.14 Å². The van der Waals surface area contributed by atoms with Gasteiger partial charge >= 0.3 is 5.97 Å². The Balaban J connectivity index is 2.18. The van der Waals surface area contributed by atoms with Gasteiger partial charge in [-0.15, -0.1) is 0 Å². The van der Waals surface area contributed by atoms with Crippen molar-refractivity contribution in [1.82, 2.24) is 9.38 Å². The van der Waals surface area contributed by atoms with E-state index < -0.39 is 0 Å². The first-order valence-electron chi connectivity index (χ1n) is 5.27. The largest absolute Gasteiger partial charge is 0.463 e. The zero-order valence-electron chi connectivity index (χ0n) is 9.38. The van der Waals surface area contributed by atoms with Crippen molar-refractivity contribution in [3.05, 3.63) is 36.3 Å². The zero-order valence-corrected chi connectivity index (χ0v) is 9.38. The van der Waals surface area contributed by atoms with Crippen LogP contribution in [0.25, 0.3) is 5.65 Å². The second-order valence-corrected chi connectivity index (χ2v) is 3.89. The third-order valence-corrected chi connectivity index (χ3v) is 2.19. The standard InChI is InChI=1S/C12H14N2O2/c1-9(2)16-12(15)7-10-8-13-11-5-3-4-6-14(10)11/h3-6,8-9H,7H2,1-2H3. The maximum atomic E-state index is 11.5. The van der Waals surface area contributed by atoms with Gasteiger partial charge in [0, 0.05) is 12.4 Å². The van der Waals surface area contributed by atoms with Gasteiger partial charge in [-0.3, -0.25) is 4.79 Å². The minimum Gasteiger partial charge on any atom is -0.463 e. The highest BCUT2D eigenvalue weighted by atomic mass is 16.5. The Morgan fingerprint density at radius 3 is 3.06 bits per heavy atom. The molecule has 0 saturated carbocycles. The third-order valence-electron chi connectivity index (χ3n) is 2.19. The Bertz CT molecular complexity index is 502. The van der Waals surface area contributed by atoms with Crippen LogP contribution in [0.4, 0.5) is 0 Å². The molecule has 4 nitrogen and oxygen atoms in total. The van der Waals surface area contributed by atoms with E-state index in [4.69, 9.17) is 4.74 Å². The fraction of sp³-hybridized carbons (Fsp3) is 0.333. The molecule has 0 aliphatic rings. The van der Waals surface area contributed by atoms with Crippen molar-refractivity contribution in [2.45, 2.75) is 26.4 Å². The molecule has 0 radical (unpaired) electrons. The highest BCUT2D eigenvalue weighted by Crippen LogP contribution is 2.07. The van der Waals surface area contributed by atoms with E-state index in [1.165, 1.54) is 0 Å². The molecule has 0 atom stereocenters. The number of pyridine rings is 1. The molecule has 0 N–H and O–H groups in total. The van der Waals surface area contributed by atoms with Crippen LogP contribution >= 0.6 is 0 Å². The minimum absolute atomic E-state index is 0.0771. The van der Waals surface area contributed by atoms with Crippen molar-refractivity contribution in [2.75, 3.05) is 0 Å². The molecule has 2 aromatic rings. The molecular weight excluding hydrogens is 204 g/mol. The van der Waals surface area contributed by atoms with Crippen molar-refractivity contribution < 1.29 is 9.53 Å². The van der Waals surface area contributed by atoms with Crippen LogP contribution in [0.2, 0.25) is 0 Å². The van der Waals surface area contributed by atoms with E-state index in [9.17, 15) is 4.79 Å². The molecule has 0 aliphatic carbocycles. The van der Waals surface area contributed by atoms with Crippen LogP contribution in [0.1, 0.15) is 19.5 Å². The van der Waals surface area contributed by atoms with Gasteiger partial charge in [0.05, 0.1) is 18.2 Å². The lowest BCUT2D eigenvalue weighted by molar-refractivity contribution is -0.146. The number of carbonyl (C=O) groups is 1. The number of ether oxygens (including phenoxy) is 1. The predicted molar refractivity (Wildman–Crippen MR) is 60.1 cm³/mol. The zero-order chi connectivity index (χ0) is 11.5. The van der Waals surface area contributed by atoms with Crippen molar-refractivity contribution in [3.63, 3.8) is 0 Å². The number of esters is 1. The SMILES string of the molecule is CC(C)OC(=O)Cc1cnc2ccccn12. The molecule has 4 heteroatoms. The normalized spacial score (nSPS) is 10.9. The van der Waals surface area contributed by atoms with E-state index in [2.05, 4.69) is 4.98 Å². The quantitative estimate of drug-likeness (QED) is 0.738. The monoisotopic (exact) mass is 218 g/mol. The number of fused-ring (bicyclic) bond motifs is 1. The molecule has 0 bridgehead atoms. The van der Waals surface area contributed by atoms with Crippen LogP contribution in [0, 0.1) is 0 Å². The molecule has 0 aromatic carbocycles. The second-order valence-electron chi connectivity index (χ2n) is 3.89. The molecule has 84 valence electrons. The van der Waals surface area contributed by atoms with E-state index in [0.29, 0.717) is 0 Å². The Morgan fingerprint density at radius 2 is 2.31 bits per heavy atom. The van der Waals surface area contributed by atoms with Crippen LogP contribution in [0.5, 0.6) is 0 Å². The van der Waals surface area contributed by atoms with Crippen molar-refractivity contribution in [2.24, 2.45) is 0 Å². The molecule has 0 unspecified atom stereocenters. The van der Waals surface area contributed by atoms with Gasteiger partial charge in [0.1, 0.15) is 5.65 Å². The van der Waals surface area contributed by atoms with Crippen LogP contribution < -0.4 is 0 Å². The van der Waals surface area contributed by atoms with Gasteiger partial charge in [0.25, 0.3) is 0 Å². The summed E-state index contributed by atoms with van der Waals surface area (Å²) >= 11 is 0.